The van der Waals surface area contributed by atoms with Gasteiger partial charge in [0.05, 0.1) is 6.54 Å². The summed E-state index contributed by atoms with van der Waals surface area (Å²) in [5, 5.41) is 15.0. The zero-order valence-corrected chi connectivity index (χ0v) is 15.3. The highest BCUT2D eigenvalue weighted by molar-refractivity contribution is 5.94. The predicted molar refractivity (Wildman–Crippen MR) is 97.6 cm³/mol. The van der Waals surface area contributed by atoms with Gasteiger partial charge < -0.3 is 10.4 Å². The number of aliphatic carboxylic acids is 1. The van der Waals surface area contributed by atoms with Gasteiger partial charge in [-0.1, -0.05) is 59.2 Å². The Morgan fingerprint density at radius 1 is 1.08 bits per heavy atom. The zero-order chi connectivity index (χ0) is 18.3. The average Bonchev–Trinajstić information content (AvgIpc) is 2.50. The molecule has 1 unspecified atom stereocenters. The second kappa shape index (κ2) is 9.42. The lowest BCUT2D eigenvalue weighted by molar-refractivity contribution is -0.139. The first-order chi connectivity index (χ1) is 11.3. The average molecular weight is 334 g/mol. The van der Waals surface area contributed by atoms with Crippen LogP contribution in [0.15, 0.2) is 18.2 Å². The molecular weight excluding hydrogens is 304 g/mol. The molecule has 1 amide bonds. The van der Waals surface area contributed by atoms with E-state index in [1.54, 1.807) is 0 Å². The van der Waals surface area contributed by atoms with Crippen LogP contribution in [0.5, 0.6) is 0 Å². The maximum Gasteiger partial charge on any atom is 0.320 e. The van der Waals surface area contributed by atoms with E-state index < -0.39 is 12.0 Å². The third kappa shape index (κ3) is 5.64. The molecule has 0 radical (unpaired) electrons. The summed E-state index contributed by atoms with van der Waals surface area (Å²) >= 11 is 0. The third-order valence-corrected chi connectivity index (χ3v) is 4.02. The number of carboxylic acids is 1. The lowest BCUT2D eigenvalue weighted by Gasteiger charge is -2.21. The van der Waals surface area contributed by atoms with Crippen LogP contribution in [0.2, 0.25) is 0 Å². The Kier molecular flexibility index (Phi) is 7.92. The minimum atomic E-state index is -0.921. The van der Waals surface area contributed by atoms with Crippen LogP contribution < -0.4 is 10.6 Å². The van der Waals surface area contributed by atoms with Crippen LogP contribution in [0, 0.1) is 0 Å². The molecule has 5 nitrogen and oxygen atoms in total. The van der Waals surface area contributed by atoms with Crippen molar-refractivity contribution < 1.29 is 14.7 Å². The Morgan fingerprint density at radius 2 is 1.62 bits per heavy atom. The molecule has 24 heavy (non-hydrogen) atoms. The fraction of sp³-hybridized carbons (Fsp3) is 0.579. The normalized spacial score (nSPS) is 12.5. The summed E-state index contributed by atoms with van der Waals surface area (Å²) < 4.78 is 0. The second-order valence-electron chi connectivity index (χ2n) is 6.73. The quantitative estimate of drug-likeness (QED) is 0.643. The highest BCUT2D eigenvalue weighted by Gasteiger charge is 2.19. The molecule has 0 aliphatic rings. The number of anilines is 1. The first-order valence-corrected chi connectivity index (χ1v) is 8.66. The van der Waals surface area contributed by atoms with Crippen LogP contribution in [0.3, 0.4) is 0 Å². The number of hydrogen-bond acceptors (Lipinski definition) is 3. The van der Waals surface area contributed by atoms with Crippen molar-refractivity contribution in [3.05, 3.63) is 29.3 Å². The number of carbonyl (C=O) groups excluding carboxylic acids is 1. The van der Waals surface area contributed by atoms with Crippen LogP contribution >= 0.6 is 0 Å². The lowest BCUT2D eigenvalue weighted by atomic mass is 9.92. The van der Waals surface area contributed by atoms with E-state index in [-0.39, 0.29) is 12.5 Å². The number of rotatable bonds is 9. The number of amides is 1. The first-order valence-electron chi connectivity index (χ1n) is 8.66. The molecule has 3 N–H and O–H groups in total. The third-order valence-electron chi connectivity index (χ3n) is 4.02. The van der Waals surface area contributed by atoms with Crippen molar-refractivity contribution >= 4 is 17.6 Å². The number of carboxylic acid groups (broad SMARTS) is 1. The van der Waals surface area contributed by atoms with Gasteiger partial charge in [-0.2, -0.15) is 0 Å². The number of carbonyl (C=O) groups is 2. The Morgan fingerprint density at radius 3 is 2.04 bits per heavy atom. The van der Waals surface area contributed by atoms with E-state index in [1.807, 2.05) is 25.1 Å². The van der Waals surface area contributed by atoms with Gasteiger partial charge in [-0.25, -0.2) is 0 Å². The summed E-state index contributed by atoms with van der Waals surface area (Å²) in [5.41, 5.74) is 3.05. The summed E-state index contributed by atoms with van der Waals surface area (Å²) in [6.07, 6.45) is 1.25. The van der Waals surface area contributed by atoms with Gasteiger partial charge in [-0.3, -0.25) is 14.9 Å². The summed E-state index contributed by atoms with van der Waals surface area (Å²) in [6, 6.07) is 5.37. The van der Waals surface area contributed by atoms with E-state index >= 15 is 0 Å². The van der Waals surface area contributed by atoms with E-state index in [1.165, 1.54) is 0 Å². The fourth-order valence-corrected chi connectivity index (χ4v) is 2.70. The van der Waals surface area contributed by atoms with E-state index in [0.717, 1.165) is 23.2 Å². The topological polar surface area (TPSA) is 78.4 Å². The SMILES string of the molecule is CCCC(NCC(=O)Nc1c(C(C)C)cccc1C(C)C)C(=O)O. The molecule has 0 spiro atoms. The molecule has 0 aromatic heterocycles. The molecule has 1 aromatic carbocycles. The molecule has 1 rings (SSSR count). The van der Waals surface area contributed by atoms with E-state index in [9.17, 15) is 9.59 Å². The van der Waals surface area contributed by atoms with Gasteiger partial charge in [-0.15, -0.1) is 0 Å². The Labute approximate surface area is 144 Å². The lowest BCUT2D eigenvalue weighted by Crippen LogP contribution is -2.41. The standard InChI is InChI=1S/C19H30N2O3/c1-6-8-16(19(23)24)20-11-17(22)21-18-14(12(2)3)9-7-10-15(18)13(4)5/h7,9-10,12-13,16,20H,6,8,11H2,1-5H3,(H,21,22)(H,23,24). The maximum atomic E-state index is 12.3. The molecular formula is C19H30N2O3. The van der Waals surface area contributed by atoms with Gasteiger partial charge in [0.1, 0.15) is 6.04 Å². The van der Waals surface area contributed by atoms with Gasteiger partial charge >= 0.3 is 5.97 Å². The van der Waals surface area contributed by atoms with Crippen LogP contribution in [0.1, 0.15) is 70.4 Å². The van der Waals surface area contributed by atoms with Crippen LogP contribution in [-0.2, 0) is 9.59 Å². The predicted octanol–water partition coefficient (Wildman–Crippen LogP) is 3.71. The van der Waals surface area contributed by atoms with Crippen LogP contribution in [0.4, 0.5) is 5.69 Å². The van der Waals surface area contributed by atoms with Crippen molar-refractivity contribution in [2.45, 2.75) is 65.3 Å². The minimum absolute atomic E-state index is 0.0130. The van der Waals surface area contributed by atoms with Gasteiger partial charge in [0.15, 0.2) is 0 Å². The van der Waals surface area contributed by atoms with Crippen LogP contribution in [-0.4, -0.2) is 29.6 Å². The van der Waals surface area contributed by atoms with Crippen molar-refractivity contribution in [1.82, 2.24) is 5.32 Å². The van der Waals surface area contributed by atoms with Crippen molar-refractivity contribution in [1.29, 1.82) is 0 Å². The first kappa shape index (κ1) is 20.2. The molecule has 0 bridgehead atoms. The van der Waals surface area contributed by atoms with Gasteiger partial charge in [0.2, 0.25) is 5.91 Å². The Balaban J connectivity index is 2.88. The molecule has 5 heteroatoms. The molecule has 0 aliphatic carbocycles. The molecule has 0 saturated heterocycles. The molecule has 0 fully saturated rings. The van der Waals surface area contributed by atoms with Crippen molar-refractivity contribution in [3.8, 4) is 0 Å². The van der Waals surface area contributed by atoms with Crippen LogP contribution in [0.25, 0.3) is 0 Å². The van der Waals surface area contributed by atoms with Crippen molar-refractivity contribution in [2.75, 3.05) is 11.9 Å². The smallest absolute Gasteiger partial charge is 0.320 e. The van der Waals surface area contributed by atoms with E-state index in [2.05, 4.69) is 38.3 Å². The molecule has 0 saturated carbocycles. The largest absolute Gasteiger partial charge is 0.480 e. The second-order valence-corrected chi connectivity index (χ2v) is 6.73. The van der Waals surface area contributed by atoms with E-state index in [0.29, 0.717) is 18.3 Å². The monoisotopic (exact) mass is 334 g/mol. The van der Waals surface area contributed by atoms with Gasteiger partial charge in [0.25, 0.3) is 0 Å². The maximum absolute atomic E-state index is 12.3. The number of benzene rings is 1. The number of hydrogen-bond donors (Lipinski definition) is 3. The molecule has 1 atom stereocenters. The summed E-state index contributed by atoms with van der Waals surface area (Å²) in [5.74, 6) is -0.555. The fourth-order valence-electron chi connectivity index (χ4n) is 2.70. The van der Waals surface area contributed by atoms with E-state index in [4.69, 9.17) is 5.11 Å². The highest BCUT2D eigenvalue weighted by Crippen LogP contribution is 2.32. The van der Waals surface area contributed by atoms with Crippen molar-refractivity contribution in [3.63, 3.8) is 0 Å². The number of nitrogens with one attached hydrogen (secondary N) is 2. The Bertz CT molecular complexity index is 541. The summed E-state index contributed by atoms with van der Waals surface area (Å²) in [4.78, 5) is 23.5. The zero-order valence-electron chi connectivity index (χ0n) is 15.3. The molecule has 134 valence electrons. The van der Waals surface area contributed by atoms with Gasteiger partial charge in [0, 0.05) is 5.69 Å². The number of para-hydroxylation sites is 1. The molecule has 0 aliphatic heterocycles. The minimum Gasteiger partial charge on any atom is -0.480 e. The highest BCUT2D eigenvalue weighted by atomic mass is 16.4. The summed E-state index contributed by atoms with van der Waals surface area (Å²) in [7, 11) is 0. The summed E-state index contributed by atoms with van der Waals surface area (Å²) in [6.45, 7) is 10.3. The Hall–Kier alpha value is -1.88. The van der Waals surface area contributed by atoms with Crippen molar-refractivity contribution in [2.24, 2.45) is 0 Å². The van der Waals surface area contributed by atoms with Gasteiger partial charge in [-0.05, 0) is 29.4 Å². The molecule has 0 heterocycles. The molecule has 1 aromatic rings.